The third kappa shape index (κ3) is 1.19. The van der Waals surface area contributed by atoms with Crippen LogP contribution >= 0.6 is 0 Å². The van der Waals surface area contributed by atoms with Gasteiger partial charge in [-0.15, -0.1) is 0 Å². The fraction of sp³-hybridized carbons (Fsp3) is 0.0909. The summed E-state index contributed by atoms with van der Waals surface area (Å²) in [5.41, 5.74) is 0.983. The molecule has 0 saturated heterocycles. The van der Waals surface area contributed by atoms with Gasteiger partial charge in [0.05, 0.1) is 0 Å². The summed E-state index contributed by atoms with van der Waals surface area (Å²) in [6.45, 7) is -0.166. The summed E-state index contributed by atoms with van der Waals surface area (Å²) in [5, 5.41) is 9.91. The number of aromatic amines is 1. The molecule has 0 spiro atoms. The topological polar surface area (TPSA) is 54.5 Å². The van der Waals surface area contributed by atoms with Crippen molar-refractivity contribution in [2.24, 2.45) is 0 Å². The van der Waals surface area contributed by atoms with E-state index in [2.05, 4.69) is 4.98 Å². The lowest BCUT2D eigenvalue weighted by Crippen LogP contribution is -2.08. The van der Waals surface area contributed by atoms with Crippen LogP contribution in [0.25, 0.3) is 10.9 Å². The highest BCUT2D eigenvalue weighted by atomic mass is 16.6. The first-order chi connectivity index (χ1) is 7.38. The first-order valence-corrected chi connectivity index (χ1v) is 4.63. The first-order valence-electron chi connectivity index (χ1n) is 4.63. The number of hydrogen-bond acceptors (Lipinski definition) is 3. The molecule has 2 aromatic rings. The zero-order valence-corrected chi connectivity index (χ0v) is 7.86. The predicted octanol–water partition coefficient (Wildman–Crippen LogP) is 1.77. The van der Waals surface area contributed by atoms with E-state index in [-0.39, 0.29) is 6.61 Å². The average Bonchev–Trinajstić information content (AvgIpc) is 2.76. The van der Waals surface area contributed by atoms with Crippen LogP contribution in [0.5, 0.6) is 11.5 Å². The van der Waals surface area contributed by atoms with Crippen molar-refractivity contribution in [2.75, 3.05) is 6.61 Å². The molecular weight excluding hydrogens is 194 g/mol. The molecule has 1 aliphatic rings. The molecule has 0 atom stereocenters. The Morgan fingerprint density at radius 2 is 2.20 bits per heavy atom. The molecule has 3 rings (SSSR count). The molecule has 0 bridgehead atoms. The van der Waals surface area contributed by atoms with Crippen LogP contribution in [0.1, 0.15) is 0 Å². The summed E-state index contributed by atoms with van der Waals surface area (Å²) >= 11 is 0. The van der Waals surface area contributed by atoms with Gasteiger partial charge in [-0.3, -0.25) is 0 Å². The van der Waals surface area contributed by atoms with Gasteiger partial charge in [0.1, 0.15) is 12.9 Å². The number of H-pyrrole nitrogens is 1. The van der Waals surface area contributed by atoms with Gasteiger partial charge in [-0.1, -0.05) is 0 Å². The van der Waals surface area contributed by atoms with Crippen molar-refractivity contribution < 1.29 is 14.6 Å². The fourth-order valence-corrected chi connectivity index (χ4v) is 1.64. The second-order valence-electron chi connectivity index (χ2n) is 3.29. The Bertz CT molecular complexity index is 542. The third-order valence-electron chi connectivity index (χ3n) is 2.36. The Hall–Kier alpha value is -1.94. The van der Waals surface area contributed by atoms with Crippen LogP contribution in [0.2, 0.25) is 0 Å². The van der Waals surface area contributed by atoms with Crippen LogP contribution < -0.4 is 9.47 Å². The molecule has 4 nitrogen and oxygen atoms in total. The van der Waals surface area contributed by atoms with Gasteiger partial charge < -0.3 is 19.6 Å². The Morgan fingerprint density at radius 3 is 3.07 bits per heavy atom. The monoisotopic (exact) mass is 203 g/mol. The maximum Gasteiger partial charge on any atom is 0.179 e. The van der Waals surface area contributed by atoms with Gasteiger partial charge in [0.2, 0.25) is 0 Å². The summed E-state index contributed by atoms with van der Waals surface area (Å²) < 4.78 is 10.9. The largest absolute Gasteiger partial charge is 0.457 e. The van der Waals surface area contributed by atoms with E-state index in [9.17, 15) is 0 Å². The molecule has 2 heterocycles. The molecule has 0 radical (unpaired) electrons. The molecule has 0 amide bonds. The molecule has 15 heavy (non-hydrogen) atoms. The lowest BCUT2D eigenvalue weighted by molar-refractivity contribution is 0.235. The minimum absolute atomic E-state index is 0.166. The minimum atomic E-state index is -0.166. The van der Waals surface area contributed by atoms with E-state index < -0.39 is 0 Å². The molecule has 1 aromatic carbocycles. The van der Waals surface area contributed by atoms with E-state index in [0.29, 0.717) is 17.3 Å². The molecule has 0 aliphatic carbocycles. The average molecular weight is 203 g/mol. The SMILES string of the molecule is OCC1=COc2ccc3[nH]ccc3c2O1. The minimum Gasteiger partial charge on any atom is -0.457 e. The molecule has 0 unspecified atom stereocenters. The standard InChI is InChI=1S/C11H9NO3/c13-5-7-6-14-10-2-1-9-8(3-4-12-9)11(10)15-7/h1-4,6,12-13H,5H2. The number of aromatic nitrogens is 1. The summed E-state index contributed by atoms with van der Waals surface area (Å²) in [7, 11) is 0. The van der Waals surface area contributed by atoms with Crippen molar-refractivity contribution in [1.29, 1.82) is 0 Å². The van der Waals surface area contributed by atoms with Crippen LogP contribution in [0.3, 0.4) is 0 Å². The summed E-state index contributed by atoms with van der Waals surface area (Å²) in [5.74, 6) is 1.73. The molecule has 4 heteroatoms. The lowest BCUT2D eigenvalue weighted by Gasteiger charge is -2.17. The Morgan fingerprint density at radius 1 is 1.27 bits per heavy atom. The van der Waals surface area contributed by atoms with Crippen molar-refractivity contribution in [3.05, 3.63) is 36.4 Å². The molecule has 1 aromatic heterocycles. The summed E-state index contributed by atoms with van der Waals surface area (Å²) in [6, 6.07) is 5.67. The van der Waals surface area contributed by atoms with Gasteiger partial charge in [0, 0.05) is 17.1 Å². The maximum absolute atomic E-state index is 8.96. The quantitative estimate of drug-likeness (QED) is 0.742. The normalized spacial score (nSPS) is 14.1. The first kappa shape index (κ1) is 8.38. The van der Waals surface area contributed by atoms with Gasteiger partial charge in [0.15, 0.2) is 17.3 Å². The maximum atomic E-state index is 8.96. The Labute approximate surface area is 85.7 Å². The van der Waals surface area contributed by atoms with Gasteiger partial charge in [-0.2, -0.15) is 0 Å². The van der Waals surface area contributed by atoms with E-state index in [4.69, 9.17) is 14.6 Å². The van der Waals surface area contributed by atoms with Crippen LogP contribution in [0, 0.1) is 0 Å². The van der Waals surface area contributed by atoms with E-state index >= 15 is 0 Å². The number of aliphatic hydroxyl groups excluding tert-OH is 1. The van der Waals surface area contributed by atoms with Crippen molar-refractivity contribution in [3.63, 3.8) is 0 Å². The smallest absolute Gasteiger partial charge is 0.179 e. The molecule has 1 aliphatic heterocycles. The van der Waals surface area contributed by atoms with E-state index in [1.807, 2.05) is 24.4 Å². The third-order valence-corrected chi connectivity index (χ3v) is 2.36. The number of hydrogen-bond donors (Lipinski definition) is 2. The number of nitrogens with one attached hydrogen (secondary N) is 1. The van der Waals surface area contributed by atoms with Gasteiger partial charge in [0.25, 0.3) is 0 Å². The van der Waals surface area contributed by atoms with Crippen molar-refractivity contribution in [1.82, 2.24) is 4.98 Å². The lowest BCUT2D eigenvalue weighted by atomic mass is 10.2. The number of aliphatic hydroxyl groups is 1. The van der Waals surface area contributed by atoms with Crippen LogP contribution in [-0.4, -0.2) is 16.7 Å². The zero-order valence-electron chi connectivity index (χ0n) is 7.86. The number of fused-ring (bicyclic) bond motifs is 3. The van der Waals surface area contributed by atoms with Gasteiger partial charge in [-0.05, 0) is 18.2 Å². The zero-order chi connectivity index (χ0) is 10.3. The predicted molar refractivity (Wildman–Crippen MR) is 54.7 cm³/mol. The second-order valence-corrected chi connectivity index (χ2v) is 3.29. The number of rotatable bonds is 1. The molecular formula is C11H9NO3. The van der Waals surface area contributed by atoms with Gasteiger partial charge in [-0.25, -0.2) is 0 Å². The second kappa shape index (κ2) is 3.03. The van der Waals surface area contributed by atoms with E-state index in [1.54, 1.807) is 0 Å². The fourth-order valence-electron chi connectivity index (χ4n) is 1.64. The van der Waals surface area contributed by atoms with Crippen LogP contribution in [0.4, 0.5) is 0 Å². The molecule has 0 saturated carbocycles. The highest BCUT2D eigenvalue weighted by Crippen LogP contribution is 2.38. The molecule has 76 valence electrons. The summed E-state index contributed by atoms with van der Waals surface area (Å²) in [6.07, 6.45) is 3.26. The summed E-state index contributed by atoms with van der Waals surface area (Å²) in [4.78, 5) is 3.08. The van der Waals surface area contributed by atoms with Crippen molar-refractivity contribution >= 4 is 10.9 Å². The van der Waals surface area contributed by atoms with Crippen LogP contribution in [0.15, 0.2) is 36.4 Å². The van der Waals surface area contributed by atoms with Crippen molar-refractivity contribution in [3.8, 4) is 11.5 Å². The molecule has 0 fully saturated rings. The van der Waals surface area contributed by atoms with Crippen molar-refractivity contribution in [2.45, 2.75) is 0 Å². The molecule has 2 N–H and O–H groups in total. The van der Waals surface area contributed by atoms with Gasteiger partial charge >= 0.3 is 0 Å². The highest BCUT2D eigenvalue weighted by molar-refractivity contribution is 5.88. The highest BCUT2D eigenvalue weighted by Gasteiger charge is 2.16. The Balaban J connectivity index is 2.19. The number of ether oxygens (including phenoxy) is 2. The van der Waals surface area contributed by atoms with E-state index in [1.165, 1.54) is 6.26 Å². The number of benzene rings is 1. The van der Waals surface area contributed by atoms with Crippen LogP contribution in [-0.2, 0) is 0 Å². The Kier molecular flexibility index (Phi) is 1.69. The van der Waals surface area contributed by atoms with E-state index in [0.717, 1.165) is 10.9 Å².